The molecule has 2 saturated heterocycles. The molecular weight excluding hydrogens is 1600 g/mol. The number of nitrogens with one attached hydrogen (secondary N) is 4. The standard InChI is InChI=1S/C110H130N4O14/c1-3-5-7-9-11-13-15-17-19-41-65-119-101-75-86(60-58-84-72-96(104(126-78-82-47-27-22-28-48-82)98(74-84)108-123-69-44-70-124-108)106(116)112-62-38-24-40-64-114-110(118)128-80-100-93-55-35-31-51-89(93)90-52-32-36-56-94(90)100)102(120-66-42-20-18-16-14-12-10-8-6-4-2)76-85(101)59-57-83-71-95(103(125-77-81-45-25-21-26-46-81)97(73-83)107-121-67-43-68-122-107)105(115)111-61-37-23-39-63-113-109(117)127-79-99-91-53-33-29-49-87(91)88-50-30-34-54-92(88)99/h21-22,25-36,45-56,71-76,99-100,107-108H,3-20,23-24,37-44,61-70,77-80H2,1-2H3,(H,111,115)(H,112,116)(H,113,117)(H,114,118). The van der Waals surface area contributed by atoms with Gasteiger partial charge in [0.1, 0.15) is 49.4 Å². The molecule has 4 aliphatic rings. The highest BCUT2D eigenvalue weighted by molar-refractivity contribution is 5.99. The number of ether oxygens (including phenoxy) is 10. The average Bonchev–Trinajstić information content (AvgIpc) is 1.59. The van der Waals surface area contributed by atoms with Gasteiger partial charge in [0.25, 0.3) is 11.8 Å². The van der Waals surface area contributed by atoms with Gasteiger partial charge in [-0.15, -0.1) is 0 Å². The second-order valence-corrected chi connectivity index (χ2v) is 33.8. The van der Waals surface area contributed by atoms with Gasteiger partial charge in [-0.05, 0) is 144 Å². The van der Waals surface area contributed by atoms with Crippen LogP contribution in [0.2, 0.25) is 0 Å². The van der Waals surface area contributed by atoms with E-state index < -0.39 is 24.8 Å². The van der Waals surface area contributed by atoms with Crippen LogP contribution in [0.15, 0.2) is 194 Å². The summed E-state index contributed by atoms with van der Waals surface area (Å²) >= 11 is 0. The summed E-state index contributed by atoms with van der Waals surface area (Å²) in [6, 6.07) is 64.1. The summed E-state index contributed by atoms with van der Waals surface area (Å²) in [4.78, 5) is 56.3. The molecule has 0 bridgehead atoms. The van der Waals surface area contributed by atoms with Crippen LogP contribution in [0.3, 0.4) is 0 Å². The lowest BCUT2D eigenvalue weighted by atomic mass is 9.98. The van der Waals surface area contributed by atoms with Gasteiger partial charge in [0.15, 0.2) is 12.6 Å². The predicted octanol–water partition coefficient (Wildman–Crippen LogP) is 24.0. The molecule has 0 spiro atoms. The highest BCUT2D eigenvalue weighted by atomic mass is 16.7. The maximum atomic E-state index is 15.0. The summed E-state index contributed by atoms with van der Waals surface area (Å²) in [7, 11) is 0. The minimum absolute atomic E-state index is 0.0378. The van der Waals surface area contributed by atoms with Crippen molar-refractivity contribution in [2.75, 3.05) is 79.0 Å². The molecule has 2 aliphatic carbocycles. The number of carbonyl (C=O) groups is 4. The van der Waals surface area contributed by atoms with E-state index in [0.717, 1.165) is 84.7 Å². The van der Waals surface area contributed by atoms with Gasteiger partial charge in [0.2, 0.25) is 0 Å². The molecule has 2 aliphatic heterocycles. The predicted molar refractivity (Wildman–Crippen MR) is 505 cm³/mol. The minimum Gasteiger partial charge on any atom is -0.492 e. The molecule has 9 aromatic carbocycles. The van der Waals surface area contributed by atoms with Gasteiger partial charge in [-0.2, -0.15) is 0 Å². The summed E-state index contributed by atoms with van der Waals surface area (Å²) in [6.07, 6.45) is 26.2. The summed E-state index contributed by atoms with van der Waals surface area (Å²) in [5, 5.41) is 12.3. The SMILES string of the molecule is CCCCCCCCCCCCOc1cc(C#Cc2cc(C(=O)NCCCCCNC(=O)OCC3c4ccccc4-c4ccccc43)c(OCc3ccccc3)c(C3OCCCO3)c2)c(OCCCCCCCCCCCC)cc1C#Cc1cc(C(=O)NCCCCCNC(=O)OCC2c3ccccc3-c3ccccc32)c(OCc2ccccc2)c(C2OCCCO2)c1. The Morgan fingerprint density at radius 2 is 0.641 bits per heavy atom. The van der Waals surface area contributed by atoms with Gasteiger partial charge in [0, 0.05) is 61.3 Å². The largest absolute Gasteiger partial charge is 0.492 e. The summed E-state index contributed by atoms with van der Waals surface area (Å²) in [5.74, 6) is 15.0. The Hall–Kier alpha value is -11.4. The number of benzene rings is 9. The molecule has 674 valence electrons. The Morgan fingerprint density at radius 1 is 0.328 bits per heavy atom. The Morgan fingerprint density at radius 3 is 0.992 bits per heavy atom. The lowest BCUT2D eigenvalue weighted by molar-refractivity contribution is -0.183. The van der Waals surface area contributed by atoms with Crippen LogP contribution < -0.4 is 40.2 Å². The third-order valence-electron chi connectivity index (χ3n) is 24.1. The van der Waals surface area contributed by atoms with Crippen molar-refractivity contribution in [3.05, 3.63) is 272 Å². The fourth-order valence-electron chi connectivity index (χ4n) is 17.2. The highest BCUT2D eigenvalue weighted by Gasteiger charge is 2.33. The zero-order chi connectivity index (χ0) is 88.4. The van der Waals surface area contributed by atoms with Crippen LogP contribution in [0.4, 0.5) is 9.59 Å². The fraction of sp³-hybridized carbons (Fsp3) is 0.436. The monoisotopic (exact) mass is 1730 g/mol. The van der Waals surface area contributed by atoms with E-state index in [-0.39, 0.29) is 61.2 Å². The van der Waals surface area contributed by atoms with E-state index >= 15 is 9.59 Å². The van der Waals surface area contributed by atoms with Crippen LogP contribution in [0.5, 0.6) is 23.0 Å². The maximum absolute atomic E-state index is 15.0. The van der Waals surface area contributed by atoms with Crippen molar-refractivity contribution in [1.82, 2.24) is 21.3 Å². The number of amides is 4. The molecule has 0 saturated carbocycles. The molecule has 13 rings (SSSR count). The van der Waals surface area contributed by atoms with Crippen molar-refractivity contribution in [3.63, 3.8) is 0 Å². The first-order valence-corrected chi connectivity index (χ1v) is 47.5. The Balaban J connectivity index is 0.765. The Kier molecular flexibility index (Phi) is 38.4. The number of hydrogen-bond acceptors (Lipinski definition) is 14. The van der Waals surface area contributed by atoms with Gasteiger partial charge in [0.05, 0.1) is 73.0 Å². The third kappa shape index (κ3) is 28.3. The molecule has 128 heavy (non-hydrogen) atoms. The normalized spacial score (nSPS) is 13.5. The number of unbranched alkanes of at least 4 members (excludes halogenated alkanes) is 22. The minimum atomic E-state index is -0.852. The fourth-order valence-corrected chi connectivity index (χ4v) is 17.2. The quantitative estimate of drug-likeness (QED) is 0.0207. The van der Waals surface area contributed by atoms with Crippen LogP contribution in [-0.2, 0) is 41.6 Å². The van der Waals surface area contributed by atoms with E-state index in [0.29, 0.717) is 161 Å². The molecule has 4 N–H and O–H groups in total. The average molecular weight is 1730 g/mol. The van der Waals surface area contributed by atoms with Crippen molar-refractivity contribution >= 4 is 24.0 Å². The molecule has 0 radical (unpaired) electrons. The van der Waals surface area contributed by atoms with Crippen LogP contribution in [0, 0.1) is 23.7 Å². The second kappa shape index (κ2) is 52.2. The van der Waals surface area contributed by atoms with E-state index in [1.165, 1.54) is 112 Å². The van der Waals surface area contributed by atoms with Gasteiger partial charge in [-0.3, -0.25) is 9.59 Å². The van der Waals surface area contributed by atoms with E-state index in [1.54, 1.807) is 12.1 Å². The number of rotatable bonds is 50. The summed E-state index contributed by atoms with van der Waals surface area (Å²) in [6.45, 7) is 9.50. The van der Waals surface area contributed by atoms with E-state index in [4.69, 9.17) is 47.4 Å². The van der Waals surface area contributed by atoms with Gasteiger partial charge in [-0.25, -0.2) is 9.59 Å². The van der Waals surface area contributed by atoms with Crippen molar-refractivity contribution in [1.29, 1.82) is 0 Å². The second-order valence-electron chi connectivity index (χ2n) is 33.8. The van der Waals surface area contributed by atoms with Crippen molar-refractivity contribution in [3.8, 4) is 68.9 Å². The molecule has 2 heterocycles. The molecule has 18 heteroatoms. The third-order valence-corrected chi connectivity index (χ3v) is 24.1. The molecule has 2 fully saturated rings. The van der Waals surface area contributed by atoms with Crippen LogP contribution in [0.25, 0.3) is 22.3 Å². The lowest BCUT2D eigenvalue weighted by Gasteiger charge is -2.26. The van der Waals surface area contributed by atoms with E-state index in [1.807, 2.05) is 133 Å². The van der Waals surface area contributed by atoms with Crippen LogP contribution in [0.1, 0.15) is 306 Å². The molecular formula is C110H130N4O14. The summed E-state index contributed by atoms with van der Waals surface area (Å²) < 4.78 is 64.4. The molecule has 0 unspecified atom stereocenters. The van der Waals surface area contributed by atoms with Crippen molar-refractivity contribution in [2.24, 2.45) is 0 Å². The molecule has 9 aromatic rings. The molecule has 0 aromatic heterocycles. The van der Waals surface area contributed by atoms with Crippen LogP contribution in [-0.4, -0.2) is 103 Å². The Bertz CT molecular complexity index is 4720. The van der Waals surface area contributed by atoms with Crippen molar-refractivity contribution in [2.45, 2.75) is 231 Å². The lowest BCUT2D eigenvalue weighted by Crippen LogP contribution is -2.28. The number of carbonyl (C=O) groups excluding carboxylic acids is 4. The summed E-state index contributed by atoms with van der Waals surface area (Å²) in [5.41, 5.74) is 14.9. The number of fused-ring (bicyclic) bond motifs is 6. The first-order valence-electron chi connectivity index (χ1n) is 47.5. The van der Waals surface area contributed by atoms with E-state index in [2.05, 4.69) is 107 Å². The van der Waals surface area contributed by atoms with Crippen molar-refractivity contribution < 1.29 is 66.5 Å². The first-order chi connectivity index (χ1) is 63.2. The van der Waals surface area contributed by atoms with E-state index in [9.17, 15) is 9.59 Å². The molecule has 18 nitrogen and oxygen atoms in total. The number of hydrogen-bond donors (Lipinski definition) is 4. The topological polar surface area (TPSA) is 209 Å². The number of alkyl carbamates (subject to hydrolysis) is 2. The zero-order valence-corrected chi connectivity index (χ0v) is 75.2. The molecule has 4 amide bonds. The first kappa shape index (κ1) is 94.2. The van der Waals surface area contributed by atoms with Gasteiger partial charge >= 0.3 is 12.2 Å². The van der Waals surface area contributed by atoms with Crippen LogP contribution >= 0.6 is 0 Å². The maximum Gasteiger partial charge on any atom is 0.407 e. The Labute approximate surface area is 758 Å². The smallest absolute Gasteiger partial charge is 0.407 e. The zero-order valence-electron chi connectivity index (χ0n) is 75.2. The highest BCUT2D eigenvalue weighted by Crippen LogP contribution is 2.47. The molecule has 0 atom stereocenters. The van der Waals surface area contributed by atoms with Gasteiger partial charge in [-0.1, -0.05) is 311 Å². The van der Waals surface area contributed by atoms with Gasteiger partial charge < -0.3 is 68.6 Å².